The second kappa shape index (κ2) is 22.7. The molecule has 0 unspecified atom stereocenters. The molecule has 18 rings (SSSR count). The van der Waals surface area contributed by atoms with E-state index < -0.39 is 0 Å². The molecular formula is C85H55BN8. The van der Waals surface area contributed by atoms with Crippen molar-refractivity contribution in [3.8, 4) is 96.0 Å². The van der Waals surface area contributed by atoms with E-state index in [1.54, 1.807) is 0 Å². The van der Waals surface area contributed by atoms with Crippen LogP contribution in [0.25, 0.3) is 118 Å². The summed E-state index contributed by atoms with van der Waals surface area (Å²) in [5.41, 5.74) is 24.9. The number of para-hydroxylation sites is 5. The minimum absolute atomic E-state index is 0.0493. The van der Waals surface area contributed by atoms with Gasteiger partial charge in [0.2, 0.25) is 0 Å². The Morgan fingerprint density at radius 2 is 0.713 bits per heavy atom. The summed E-state index contributed by atoms with van der Waals surface area (Å²) in [5.74, 6) is 2.29. The maximum Gasteiger partial charge on any atom is 0.252 e. The molecule has 3 aromatic heterocycles. The van der Waals surface area contributed by atoms with Crippen molar-refractivity contribution in [2.75, 3.05) is 9.80 Å². The van der Waals surface area contributed by atoms with Gasteiger partial charge in [-0.15, -0.1) is 0 Å². The molecule has 2 aliphatic rings. The molecule has 0 atom stereocenters. The van der Waals surface area contributed by atoms with Gasteiger partial charge in [-0.05, 0) is 124 Å². The van der Waals surface area contributed by atoms with E-state index in [9.17, 15) is 0 Å². The molecule has 9 heteroatoms. The van der Waals surface area contributed by atoms with Crippen LogP contribution in [0.15, 0.2) is 334 Å². The average Bonchev–Trinajstić information content (AvgIpc) is 0.781. The summed E-state index contributed by atoms with van der Waals surface area (Å²) < 4.78 is 2.39. The molecule has 16 aromatic rings. The smallest absolute Gasteiger partial charge is 0.252 e. The van der Waals surface area contributed by atoms with Crippen LogP contribution in [-0.4, -0.2) is 36.2 Å². The molecular weight excluding hydrogens is 1140 g/mol. The Morgan fingerprint density at radius 3 is 1.37 bits per heavy atom. The van der Waals surface area contributed by atoms with E-state index in [1.807, 2.05) is 60.7 Å². The quantitative estimate of drug-likeness (QED) is 0.119. The molecule has 0 bridgehead atoms. The minimum Gasteiger partial charge on any atom is -0.311 e. The number of hydrogen-bond acceptors (Lipinski definition) is 7. The normalized spacial score (nSPS) is 12.2. The van der Waals surface area contributed by atoms with E-state index in [1.165, 1.54) is 22.1 Å². The van der Waals surface area contributed by atoms with Crippen LogP contribution >= 0.6 is 0 Å². The largest absolute Gasteiger partial charge is 0.311 e. The highest BCUT2D eigenvalue weighted by molar-refractivity contribution is 7.00. The van der Waals surface area contributed by atoms with E-state index in [-0.39, 0.29) is 6.71 Å². The highest BCUT2D eigenvalue weighted by atomic mass is 15.2. The van der Waals surface area contributed by atoms with Crippen molar-refractivity contribution >= 4 is 79.0 Å². The molecule has 2 aliphatic heterocycles. The highest BCUT2D eigenvalue weighted by Crippen LogP contribution is 2.49. The van der Waals surface area contributed by atoms with Gasteiger partial charge in [0.1, 0.15) is 0 Å². The lowest BCUT2D eigenvalue weighted by molar-refractivity contribution is 1.07. The van der Waals surface area contributed by atoms with Crippen molar-refractivity contribution in [3.63, 3.8) is 0 Å². The van der Waals surface area contributed by atoms with Gasteiger partial charge in [-0.1, -0.05) is 243 Å². The zero-order valence-electron chi connectivity index (χ0n) is 50.9. The Hall–Kier alpha value is -12.6. The Morgan fingerprint density at radius 1 is 0.245 bits per heavy atom. The third-order valence-electron chi connectivity index (χ3n) is 18.4. The summed E-state index contributed by atoms with van der Waals surface area (Å²) in [4.78, 5) is 31.9. The van der Waals surface area contributed by atoms with Gasteiger partial charge < -0.3 is 14.4 Å². The molecule has 94 heavy (non-hydrogen) atoms. The Balaban J connectivity index is 0.872. The molecule has 0 aliphatic carbocycles. The van der Waals surface area contributed by atoms with Crippen molar-refractivity contribution in [2.24, 2.45) is 0 Å². The average molecular weight is 1200 g/mol. The number of nitrogens with zero attached hydrogens (tertiary/aromatic N) is 8. The predicted molar refractivity (Wildman–Crippen MR) is 387 cm³/mol. The van der Waals surface area contributed by atoms with Gasteiger partial charge in [0.25, 0.3) is 6.71 Å². The Labute approximate surface area is 544 Å². The monoisotopic (exact) mass is 1200 g/mol. The van der Waals surface area contributed by atoms with E-state index in [4.69, 9.17) is 24.9 Å². The first-order chi connectivity index (χ1) is 46.6. The fourth-order valence-corrected chi connectivity index (χ4v) is 14.2. The lowest BCUT2D eigenvalue weighted by Crippen LogP contribution is -2.61. The van der Waals surface area contributed by atoms with Crippen LogP contribution in [0.1, 0.15) is 0 Å². The number of fused-ring (bicyclic) bond motifs is 7. The fraction of sp³-hybridized carbons (Fsp3) is 0. The standard InChI is InChI=1S/C85H55BN8/c1-7-26-56(27-8-1)60-46-49-75-68(53-60)67-40-19-22-43-74(67)94(75)76-50-47-63(85-90-82(58-30-11-3-12-31-58)89-83(91-85)59-32-13-4-14-33-59)54-69(76)73-55-72(57-28-9-2-10-29-57)87-84(88-73)62-35-25-34-61(52-62)66-48-51-79-80-81(66)93(65-38-17-6-18-39-65)78-45-24-21-42-71(78)86(80)70-41-20-23-44-77(70)92(79)64-36-15-5-16-37-64/h1-55H. The van der Waals surface area contributed by atoms with Gasteiger partial charge >= 0.3 is 0 Å². The third-order valence-corrected chi connectivity index (χ3v) is 18.4. The van der Waals surface area contributed by atoms with Crippen LogP contribution in [0.2, 0.25) is 0 Å². The molecule has 13 aromatic carbocycles. The first-order valence-electron chi connectivity index (χ1n) is 31.8. The lowest BCUT2D eigenvalue weighted by atomic mass is 9.33. The van der Waals surface area contributed by atoms with Crippen molar-refractivity contribution in [1.29, 1.82) is 0 Å². The fourth-order valence-electron chi connectivity index (χ4n) is 14.2. The van der Waals surface area contributed by atoms with Gasteiger partial charge in [-0.3, -0.25) is 0 Å². The highest BCUT2D eigenvalue weighted by Gasteiger charge is 2.44. The van der Waals surface area contributed by atoms with Crippen molar-refractivity contribution in [1.82, 2.24) is 29.5 Å². The summed E-state index contributed by atoms with van der Waals surface area (Å²) in [6, 6.07) is 119. The molecule has 0 saturated heterocycles. The molecule has 8 nitrogen and oxygen atoms in total. The second-order valence-electron chi connectivity index (χ2n) is 23.9. The maximum absolute atomic E-state index is 5.79. The number of anilines is 6. The SMILES string of the molecule is c1ccc(-c2ccc3c(c2)c2ccccc2n3-c2ccc(-c3nc(-c4ccccc4)nc(-c4ccccc4)n3)cc2-c2cc(-c3ccccc3)nc(-c3cccc(-c4ccc5c6c4N(c4ccccc4)c4ccccc4B6c4ccccc4N5c4ccccc4)c3)n2)cc1. The summed E-state index contributed by atoms with van der Waals surface area (Å²) in [7, 11) is 0. The zero-order valence-corrected chi connectivity index (χ0v) is 50.9. The van der Waals surface area contributed by atoms with Crippen LogP contribution in [-0.2, 0) is 0 Å². The van der Waals surface area contributed by atoms with Crippen LogP contribution in [0.5, 0.6) is 0 Å². The molecule has 0 spiro atoms. The van der Waals surface area contributed by atoms with Crippen molar-refractivity contribution in [2.45, 2.75) is 0 Å². The molecule has 0 radical (unpaired) electrons. The first-order valence-corrected chi connectivity index (χ1v) is 31.8. The van der Waals surface area contributed by atoms with Gasteiger partial charge in [0, 0.05) is 78.2 Å². The maximum atomic E-state index is 5.79. The zero-order chi connectivity index (χ0) is 62.1. The van der Waals surface area contributed by atoms with Gasteiger partial charge in [-0.2, -0.15) is 0 Å². The van der Waals surface area contributed by atoms with Gasteiger partial charge in [0.05, 0.1) is 33.8 Å². The Kier molecular flexibility index (Phi) is 13.1. The van der Waals surface area contributed by atoms with E-state index in [0.717, 1.165) is 123 Å². The van der Waals surface area contributed by atoms with E-state index >= 15 is 0 Å². The van der Waals surface area contributed by atoms with Crippen LogP contribution < -0.4 is 26.2 Å². The lowest BCUT2D eigenvalue weighted by Gasteiger charge is -2.45. The van der Waals surface area contributed by atoms with Crippen LogP contribution in [0, 0.1) is 0 Å². The summed E-state index contributed by atoms with van der Waals surface area (Å²) in [5, 5.41) is 2.29. The summed E-state index contributed by atoms with van der Waals surface area (Å²) in [6.45, 7) is -0.0493. The number of hydrogen-bond donors (Lipinski definition) is 0. The van der Waals surface area contributed by atoms with Gasteiger partial charge in [-0.25, -0.2) is 24.9 Å². The Bertz CT molecular complexity index is 5500. The van der Waals surface area contributed by atoms with Crippen LogP contribution in [0.3, 0.4) is 0 Å². The van der Waals surface area contributed by atoms with Gasteiger partial charge in [0.15, 0.2) is 23.3 Å². The number of aromatic nitrogens is 6. The molecule has 0 amide bonds. The number of rotatable bonds is 11. The second-order valence-corrected chi connectivity index (χ2v) is 23.9. The predicted octanol–water partition coefficient (Wildman–Crippen LogP) is 19.2. The van der Waals surface area contributed by atoms with Crippen LogP contribution in [0.4, 0.5) is 34.1 Å². The molecule has 0 saturated carbocycles. The molecule has 5 heterocycles. The third kappa shape index (κ3) is 9.28. The van der Waals surface area contributed by atoms with Crippen molar-refractivity contribution < 1.29 is 0 Å². The van der Waals surface area contributed by atoms with E-state index in [0.29, 0.717) is 23.3 Å². The van der Waals surface area contributed by atoms with Crippen molar-refractivity contribution in [3.05, 3.63) is 334 Å². The topological polar surface area (TPSA) is 75.9 Å². The number of benzene rings is 13. The molecule has 0 fully saturated rings. The first kappa shape index (κ1) is 54.4. The molecule has 0 N–H and O–H groups in total. The van der Waals surface area contributed by atoms with E-state index in [2.05, 4.69) is 287 Å². The minimum atomic E-state index is -0.0493. The molecule has 438 valence electrons. The summed E-state index contributed by atoms with van der Waals surface area (Å²) in [6.07, 6.45) is 0. The summed E-state index contributed by atoms with van der Waals surface area (Å²) >= 11 is 0.